The van der Waals surface area contributed by atoms with Gasteiger partial charge in [0.2, 0.25) is 27.7 Å². The van der Waals surface area contributed by atoms with Gasteiger partial charge >= 0.3 is 0 Å². The smallest absolute Gasteiger partial charge is 0.242 e. The van der Waals surface area contributed by atoms with Crippen LogP contribution in [-0.4, -0.2) is 62.8 Å². The molecule has 0 aromatic heterocycles. The predicted octanol–water partition coefficient (Wildman–Crippen LogP) is -0.112. The van der Waals surface area contributed by atoms with Gasteiger partial charge < -0.3 is 20.7 Å². The number of benzene rings is 1. The van der Waals surface area contributed by atoms with Gasteiger partial charge in [-0.1, -0.05) is 44.2 Å². The number of amides is 3. The van der Waals surface area contributed by atoms with Gasteiger partial charge in [-0.2, -0.15) is 0 Å². The summed E-state index contributed by atoms with van der Waals surface area (Å²) in [5, 5.41) is 7.41. The summed E-state index contributed by atoms with van der Waals surface area (Å²) >= 11 is 0. The third kappa shape index (κ3) is 11.1. The highest BCUT2D eigenvalue weighted by Crippen LogP contribution is 2.05. The fourth-order valence-corrected chi connectivity index (χ4v) is 3.74. The Balaban J connectivity index is 2.67. The summed E-state index contributed by atoms with van der Waals surface area (Å²) in [6.07, 6.45) is 1.23. The van der Waals surface area contributed by atoms with Crippen molar-refractivity contribution in [2.45, 2.75) is 58.7 Å². The van der Waals surface area contributed by atoms with E-state index in [1.165, 1.54) is 13.8 Å². The van der Waals surface area contributed by atoms with Crippen molar-refractivity contribution < 1.29 is 27.6 Å². The molecular weight excluding hydrogens is 448 g/mol. The highest BCUT2D eigenvalue weighted by atomic mass is 32.2. The van der Waals surface area contributed by atoms with Crippen LogP contribution in [0.2, 0.25) is 0 Å². The molecule has 0 fully saturated rings. The average molecular weight is 483 g/mol. The lowest BCUT2D eigenvalue weighted by atomic mass is 10.0. The van der Waals surface area contributed by atoms with E-state index in [4.69, 9.17) is 0 Å². The van der Waals surface area contributed by atoms with E-state index in [1.807, 2.05) is 13.8 Å². The third-order valence-corrected chi connectivity index (χ3v) is 6.12. The Morgan fingerprint density at radius 3 is 2.18 bits per heavy atom. The van der Waals surface area contributed by atoms with Gasteiger partial charge in [0.1, 0.15) is 18.4 Å². The Bertz CT molecular complexity index is 905. The van der Waals surface area contributed by atoms with Crippen LogP contribution < -0.4 is 20.7 Å². The summed E-state index contributed by atoms with van der Waals surface area (Å²) in [7, 11) is -3.67. The van der Waals surface area contributed by atoms with Crippen molar-refractivity contribution in [1.29, 1.82) is 0 Å². The number of hydrogen-bond acceptors (Lipinski definition) is 6. The SMILES string of the molecule is CCS(=O)(=O)N[C@@H](Cc1ccccc1)C(=O)NCC(=O)N[C@@H](C)C(=O)N[C@H](C=O)CC(C)C. The van der Waals surface area contributed by atoms with Gasteiger partial charge in [-0.25, -0.2) is 13.1 Å². The molecule has 0 saturated heterocycles. The summed E-state index contributed by atoms with van der Waals surface area (Å²) in [5.74, 6) is -1.81. The van der Waals surface area contributed by atoms with Crippen molar-refractivity contribution in [2.24, 2.45) is 5.92 Å². The fraction of sp³-hybridized carbons (Fsp3) is 0.545. The molecule has 184 valence electrons. The second-order valence-electron chi connectivity index (χ2n) is 8.15. The lowest BCUT2D eigenvalue weighted by molar-refractivity contribution is -0.130. The molecule has 4 N–H and O–H groups in total. The maximum absolute atomic E-state index is 12.6. The standard InChI is InChI=1S/C22H34N4O6S/c1-5-33(31,32)26-19(12-17-9-7-6-8-10-17)22(30)23-13-20(28)24-16(4)21(29)25-18(14-27)11-15(2)3/h6-10,14-16,18-19,26H,5,11-13H2,1-4H3,(H,23,30)(H,24,28)(H,25,29)/t16-,18-,19-/m0/s1. The van der Waals surface area contributed by atoms with Crippen LogP contribution in [0.25, 0.3) is 0 Å². The van der Waals surface area contributed by atoms with E-state index < -0.39 is 52.4 Å². The van der Waals surface area contributed by atoms with Crippen molar-refractivity contribution in [1.82, 2.24) is 20.7 Å². The zero-order chi connectivity index (χ0) is 25.0. The van der Waals surface area contributed by atoms with Crippen LogP contribution in [0, 0.1) is 5.92 Å². The molecule has 0 bridgehead atoms. The largest absolute Gasteiger partial charge is 0.346 e. The van der Waals surface area contributed by atoms with Crippen LogP contribution >= 0.6 is 0 Å². The van der Waals surface area contributed by atoms with Crippen molar-refractivity contribution in [3.05, 3.63) is 35.9 Å². The Kier molecular flexibility index (Phi) is 11.7. The minimum atomic E-state index is -3.67. The van der Waals surface area contributed by atoms with Crippen molar-refractivity contribution >= 4 is 34.0 Å². The van der Waals surface area contributed by atoms with E-state index in [0.717, 1.165) is 5.56 Å². The molecule has 0 saturated carbocycles. The van der Waals surface area contributed by atoms with Crippen LogP contribution in [0.4, 0.5) is 0 Å². The molecule has 33 heavy (non-hydrogen) atoms. The number of carbonyl (C=O) groups excluding carboxylic acids is 4. The quantitative estimate of drug-likeness (QED) is 0.272. The normalized spacial score (nSPS) is 14.1. The van der Waals surface area contributed by atoms with E-state index in [1.54, 1.807) is 30.3 Å². The molecule has 1 aromatic rings. The Morgan fingerprint density at radius 1 is 1.00 bits per heavy atom. The lowest BCUT2D eigenvalue weighted by Gasteiger charge is -2.20. The maximum atomic E-state index is 12.6. The summed E-state index contributed by atoms with van der Waals surface area (Å²) in [5.41, 5.74) is 0.748. The molecule has 0 spiro atoms. The van der Waals surface area contributed by atoms with Crippen LogP contribution in [0.1, 0.15) is 39.7 Å². The molecule has 0 radical (unpaired) electrons. The molecule has 3 atom stereocenters. The number of sulfonamides is 1. The number of rotatable bonds is 14. The highest BCUT2D eigenvalue weighted by molar-refractivity contribution is 7.89. The lowest BCUT2D eigenvalue weighted by Crippen LogP contribution is -2.53. The van der Waals surface area contributed by atoms with Crippen LogP contribution in [0.5, 0.6) is 0 Å². The minimum Gasteiger partial charge on any atom is -0.346 e. The summed E-state index contributed by atoms with van der Waals surface area (Å²) in [4.78, 5) is 48.2. The molecule has 0 aliphatic carbocycles. The molecule has 10 nitrogen and oxygen atoms in total. The molecule has 0 aliphatic rings. The fourth-order valence-electron chi connectivity index (χ4n) is 2.95. The maximum Gasteiger partial charge on any atom is 0.242 e. The number of hydrogen-bond donors (Lipinski definition) is 4. The summed E-state index contributed by atoms with van der Waals surface area (Å²) < 4.78 is 26.4. The predicted molar refractivity (Wildman–Crippen MR) is 125 cm³/mol. The van der Waals surface area contributed by atoms with Crippen molar-refractivity contribution in [3.8, 4) is 0 Å². The molecule has 1 aromatic carbocycles. The third-order valence-electron chi connectivity index (χ3n) is 4.71. The second-order valence-corrected chi connectivity index (χ2v) is 10.2. The summed E-state index contributed by atoms with van der Waals surface area (Å²) in [6, 6.07) is 6.19. The van der Waals surface area contributed by atoms with Gasteiger partial charge in [-0.15, -0.1) is 0 Å². The second kappa shape index (κ2) is 13.7. The van der Waals surface area contributed by atoms with E-state index >= 15 is 0 Å². The van der Waals surface area contributed by atoms with E-state index in [0.29, 0.717) is 12.7 Å². The zero-order valence-corrected chi connectivity index (χ0v) is 20.3. The van der Waals surface area contributed by atoms with Crippen molar-refractivity contribution in [3.63, 3.8) is 0 Å². The van der Waals surface area contributed by atoms with Gasteiger partial charge in [-0.3, -0.25) is 14.4 Å². The Labute approximate surface area is 195 Å². The first-order valence-electron chi connectivity index (χ1n) is 10.8. The van der Waals surface area contributed by atoms with Gasteiger partial charge in [0.25, 0.3) is 0 Å². The number of carbonyl (C=O) groups is 4. The first kappa shape index (κ1) is 28.2. The van der Waals surface area contributed by atoms with Gasteiger partial charge in [0, 0.05) is 0 Å². The Hall–Kier alpha value is -2.79. The number of aldehydes is 1. The molecular formula is C22H34N4O6S. The number of nitrogens with one attached hydrogen (secondary N) is 4. The molecule has 0 aliphatic heterocycles. The first-order chi connectivity index (χ1) is 15.5. The average Bonchev–Trinajstić information content (AvgIpc) is 2.76. The molecule has 0 heterocycles. The van der Waals surface area contributed by atoms with Crippen LogP contribution in [0.15, 0.2) is 30.3 Å². The minimum absolute atomic E-state index is 0.106. The molecule has 0 unspecified atom stereocenters. The Morgan fingerprint density at radius 2 is 1.64 bits per heavy atom. The highest BCUT2D eigenvalue weighted by Gasteiger charge is 2.25. The topological polar surface area (TPSA) is 151 Å². The van der Waals surface area contributed by atoms with Crippen molar-refractivity contribution in [2.75, 3.05) is 12.3 Å². The van der Waals surface area contributed by atoms with E-state index in [9.17, 15) is 27.6 Å². The van der Waals surface area contributed by atoms with Crippen LogP contribution in [-0.2, 0) is 35.6 Å². The molecule has 1 rings (SSSR count). The van der Waals surface area contributed by atoms with Gasteiger partial charge in [0.05, 0.1) is 18.3 Å². The van der Waals surface area contributed by atoms with Gasteiger partial charge in [-0.05, 0) is 38.2 Å². The molecule has 11 heteroatoms. The van der Waals surface area contributed by atoms with E-state index in [2.05, 4.69) is 20.7 Å². The van der Waals surface area contributed by atoms with E-state index in [-0.39, 0.29) is 18.1 Å². The summed E-state index contributed by atoms with van der Waals surface area (Å²) in [6.45, 7) is 6.30. The van der Waals surface area contributed by atoms with Gasteiger partial charge in [0.15, 0.2) is 0 Å². The molecule has 3 amide bonds. The zero-order valence-electron chi connectivity index (χ0n) is 19.5. The van der Waals surface area contributed by atoms with Crippen LogP contribution in [0.3, 0.4) is 0 Å². The first-order valence-corrected chi connectivity index (χ1v) is 12.5. The monoisotopic (exact) mass is 482 g/mol.